The Labute approximate surface area is 99.1 Å². The molecule has 0 amide bonds. The van der Waals surface area contributed by atoms with Crippen molar-refractivity contribution in [2.24, 2.45) is 7.05 Å². The molecule has 2 aromatic heterocycles. The Morgan fingerprint density at radius 3 is 2.94 bits per heavy atom. The fraction of sp³-hybridized carbons (Fsp3) is 0.500. The third kappa shape index (κ3) is 2.61. The van der Waals surface area contributed by atoms with Crippen molar-refractivity contribution in [1.82, 2.24) is 24.5 Å². The molecular weight excluding hydrogens is 226 g/mol. The van der Waals surface area contributed by atoms with Crippen LogP contribution >= 0.6 is 11.6 Å². The van der Waals surface area contributed by atoms with Gasteiger partial charge in [-0.15, -0.1) is 16.7 Å². The smallest absolute Gasteiger partial charge is 0.110 e. The first-order valence-corrected chi connectivity index (χ1v) is 5.74. The van der Waals surface area contributed by atoms with Gasteiger partial charge in [0, 0.05) is 50.9 Å². The van der Waals surface area contributed by atoms with E-state index < -0.39 is 0 Å². The molecule has 0 bridgehead atoms. The minimum Gasteiger partial charge on any atom is -0.338 e. The van der Waals surface area contributed by atoms with Crippen LogP contribution in [0.4, 0.5) is 0 Å². The van der Waals surface area contributed by atoms with Gasteiger partial charge < -0.3 is 4.57 Å². The molecule has 0 N–H and O–H groups in total. The molecular formula is C10H14ClN5. The first kappa shape index (κ1) is 11.1. The van der Waals surface area contributed by atoms with Gasteiger partial charge in [-0.1, -0.05) is 5.21 Å². The summed E-state index contributed by atoms with van der Waals surface area (Å²) < 4.78 is 3.84. The fourth-order valence-corrected chi connectivity index (χ4v) is 1.70. The molecule has 0 spiro atoms. The highest BCUT2D eigenvalue weighted by Gasteiger charge is 2.02. The van der Waals surface area contributed by atoms with Gasteiger partial charge in [0.15, 0.2) is 0 Å². The molecule has 0 aliphatic carbocycles. The lowest BCUT2D eigenvalue weighted by atomic mass is 10.3. The third-order valence-corrected chi connectivity index (χ3v) is 2.61. The van der Waals surface area contributed by atoms with E-state index in [1.165, 1.54) is 0 Å². The molecule has 16 heavy (non-hydrogen) atoms. The molecule has 2 aromatic rings. The van der Waals surface area contributed by atoms with Gasteiger partial charge in [0.1, 0.15) is 5.82 Å². The molecule has 0 radical (unpaired) electrons. The maximum Gasteiger partial charge on any atom is 0.110 e. The van der Waals surface area contributed by atoms with E-state index in [0.717, 1.165) is 30.9 Å². The van der Waals surface area contributed by atoms with Crippen LogP contribution < -0.4 is 0 Å². The van der Waals surface area contributed by atoms with E-state index in [2.05, 4.69) is 15.3 Å². The van der Waals surface area contributed by atoms with Crippen LogP contribution in [0.3, 0.4) is 0 Å². The van der Waals surface area contributed by atoms with Crippen LogP contribution in [-0.4, -0.2) is 30.4 Å². The number of nitrogens with zero attached hydrogens (tertiary/aromatic N) is 5. The van der Waals surface area contributed by atoms with Crippen molar-refractivity contribution in [2.45, 2.75) is 19.4 Å². The van der Waals surface area contributed by atoms with Crippen molar-refractivity contribution in [2.75, 3.05) is 5.88 Å². The quantitative estimate of drug-likeness (QED) is 0.733. The molecule has 0 saturated carbocycles. The summed E-state index contributed by atoms with van der Waals surface area (Å²) in [5, 5.41) is 8.06. The number of aryl methyl sites for hydroxylation is 4. The number of imidazole rings is 1. The maximum atomic E-state index is 5.63. The summed E-state index contributed by atoms with van der Waals surface area (Å²) >= 11 is 5.63. The van der Waals surface area contributed by atoms with Crippen molar-refractivity contribution in [3.63, 3.8) is 0 Å². The van der Waals surface area contributed by atoms with Crippen molar-refractivity contribution < 1.29 is 0 Å². The van der Waals surface area contributed by atoms with Crippen LogP contribution in [0.2, 0.25) is 0 Å². The van der Waals surface area contributed by atoms with E-state index in [1.54, 1.807) is 6.20 Å². The molecule has 5 nitrogen and oxygen atoms in total. The van der Waals surface area contributed by atoms with E-state index in [-0.39, 0.29) is 0 Å². The number of alkyl halides is 1. The number of halogens is 1. The second-order valence-corrected chi connectivity index (χ2v) is 3.99. The summed E-state index contributed by atoms with van der Waals surface area (Å²) in [6.07, 6.45) is 7.30. The number of rotatable bonds is 5. The Hall–Kier alpha value is -1.36. The second-order valence-electron chi connectivity index (χ2n) is 3.62. The largest absolute Gasteiger partial charge is 0.338 e. The predicted octanol–water partition coefficient (Wildman–Crippen LogP) is 1.04. The van der Waals surface area contributed by atoms with E-state index >= 15 is 0 Å². The van der Waals surface area contributed by atoms with Gasteiger partial charge in [0.05, 0.1) is 5.69 Å². The van der Waals surface area contributed by atoms with Gasteiger partial charge in [-0.3, -0.25) is 4.68 Å². The highest BCUT2D eigenvalue weighted by Crippen LogP contribution is 2.00. The number of aromatic nitrogens is 5. The number of hydrogen-bond acceptors (Lipinski definition) is 3. The van der Waals surface area contributed by atoms with E-state index in [0.29, 0.717) is 5.88 Å². The number of hydrogen-bond donors (Lipinski definition) is 0. The molecule has 2 rings (SSSR count). The van der Waals surface area contributed by atoms with Crippen molar-refractivity contribution in [3.8, 4) is 0 Å². The van der Waals surface area contributed by atoms with Gasteiger partial charge in [0.2, 0.25) is 0 Å². The van der Waals surface area contributed by atoms with Crippen LogP contribution in [0.5, 0.6) is 0 Å². The Bertz CT molecular complexity index is 448. The molecule has 0 saturated heterocycles. The Morgan fingerprint density at radius 1 is 1.38 bits per heavy atom. The summed E-state index contributed by atoms with van der Waals surface area (Å²) in [4.78, 5) is 4.25. The lowest BCUT2D eigenvalue weighted by Crippen LogP contribution is -2.06. The lowest BCUT2D eigenvalue weighted by molar-refractivity contribution is 0.569. The van der Waals surface area contributed by atoms with Gasteiger partial charge in [-0.2, -0.15) is 0 Å². The molecule has 86 valence electrons. The molecule has 0 aliphatic heterocycles. The maximum absolute atomic E-state index is 5.63. The first-order chi connectivity index (χ1) is 7.79. The summed E-state index contributed by atoms with van der Waals surface area (Å²) in [7, 11) is 1.99. The van der Waals surface area contributed by atoms with Crippen molar-refractivity contribution in [1.29, 1.82) is 0 Å². The molecule has 0 unspecified atom stereocenters. The van der Waals surface area contributed by atoms with Crippen LogP contribution in [0.1, 0.15) is 11.5 Å². The summed E-state index contributed by atoms with van der Waals surface area (Å²) in [5.41, 5.74) is 0.940. The van der Waals surface area contributed by atoms with Gasteiger partial charge in [-0.05, 0) is 0 Å². The molecule has 2 heterocycles. The zero-order chi connectivity index (χ0) is 11.4. The Morgan fingerprint density at radius 2 is 2.25 bits per heavy atom. The zero-order valence-electron chi connectivity index (χ0n) is 9.17. The van der Waals surface area contributed by atoms with Crippen LogP contribution in [-0.2, 0) is 26.4 Å². The van der Waals surface area contributed by atoms with Crippen LogP contribution in [0, 0.1) is 0 Å². The topological polar surface area (TPSA) is 48.5 Å². The van der Waals surface area contributed by atoms with Gasteiger partial charge in [-0.25, -0.2) is 4.98 Å². The molecule has 6 heteroatoms. The minimum atomic E-state index is 0.581. The molecule has 0 fully saturated rings. The molecule has 0 aliphatic rings. The Kier molecular flexibility index (Phi) is 3.56. The highest BCUT2D eigenvalue weighted by atomic mass is 35.5. The normalized spacial score (nSPS) is 10.9. The summed E-state index contributed by atoms with van der Waals surface area (Å²) in [5.74, 6) is 1.63. The minimum absolute atomic E-state index is 0.581. The molecule has 0 atom stereocenters. The Balaban J connectivity index is 1.92. The third-order valence-electron chi connectivity index (χ3n) is 2.42. The SMILES string of the molecule is Cn1ccnc1CCn1cc(CCCl)nn1. The standard InChI is InChI=1S/C10H14ClN5/c1-15-7-5-12-10(15)3-6-16-8-9(2-4-11)13-14-16/h5,7-8H,2-4,6H2,1H3. The first-order valence-electron chi connectivity index (χ1n) is 5.21. The van der Waals surface area contributed by atoms with Crippen molar-refractivity contribution in [3.05, 3.63) is 30.1 Å². The zero-order valence-corrected chi connectivity index (χ0v) is 9.93. The lowest BCUT2D eigenvalue weighted by Gasteiger charge is -2.00. The van der Waals surface area contributed by atoms with Crippen molar-refractivity contribution >= 4 is 11.6 Å². The monoisotopic (exact) mass is 239 g/mol. The molecule has 0 aromatic carbocycles. The van der Waals surface area contributed by atoms with Gasteiger partial charge in [0.25, 0.3) is 0 Å². The van der Waals surface area contributed by atoms with Crippen LogP contribution in [0.25, 0.3) is 0 Å². The second kappa shape index (κ2) is 5.12. The fourth-order valence-electron chi connectivity index (χ4n) is 1.51. The predicted molar refractivity (Wildman–Crippen MR) is 61.4 cm³/mol. The highest BCUT2D eigenvalue weighted by molar-refractivity contribution is 6.17. The average molecular weight is 240 g/mol. The van der Waals surface area contributed by atoms with E-state index in [9.17, 15) is 0 Å². The van der Waals surface area contributed by atoms with Gasteiger partial charge >= 0.3 is 0 Å². The summed E-state index contributed by atoms with van der Waals surface area (Å²) in [6, 6.07) is 0. The van der Waals surface area contributed by atoms with Crippen LogP contribution in [0.15, 0.2) is 18.6 Å². The van der Waals surface area contributed by atoms with E-state index in [4.69, 9.17) is 11.6 Å². The average Bonchev–Trinajstić information content (AvgIpc) is 2.86. The summed E-state index contributed by atoms with van der Waals surface area (Å²) in [6.45, 7) is 0.792. The van der Waals surface area contributed by atoms with E-state index in [1.807, 2.05) is 28.7 Å².